The van der Waals surface area contributed by atoms with Crippen molar-refractivity contribution in [3.63, 3.8) is 0 Å². The van der Waals surface area contributed by atoms with Gasteiger partial charge >= 0.3 is 0 Å². The lowest BCUT2D eigenvalue weighted by molar-refractivity contribution is 0.461. The van der Waals surface area contributed by atoms with Gasteiger partial charge in [-0.25, -0.2) is 4.99 Å². The van der Waals surface area contributed by atoms with Crippen LogP contribution in [0.25, 0.3) is 5.69 Å². The predicted molar refractivity (Wildman–Crippen MR) is 123 cm³/mol. The van der Waals surface area contributed by atoms with Crippen LogP contribution < -0.4 is 5.32 Å². The summed E-state index contributed by atoms with van der Waals surface area (Å²) in [6.45, 7) is 3.95. The molecule has 28 heavy (non-hydrogen) atoms. The molecule has 0 aliphatic carbocycles. The minimum atomic E-state index is 0. The van der Waals surface area contributed by atoms with Crippen molar-refractivity contribution in [1.82, 2.24) is 29.5 Å². The van der Waals surface area contributed by atoms with Gasteiger partial charge in [0.05, 0.1) is 11.6 Å². The molecule has 2 aromatic heterocycles. The third-order valence-electron chi connectivity index (χ3n) is 4.19. The van der Waals surface area contributed by atoms with E-state index in [1.165, 1.54) is 0 Å². The Balaban J connectivity index is 0.00000280. The average molecular weight is 514 g/mol. The summed E-state index contributed by atoms with van der Waals surface area (Å²) < 4.78 is 3.97. The lowest BCUT2D eigenvalue weighted by Crippen LogP contribution is -2.38. The minimum Gasteiger partial charge on any atom is -0.357 e. The van der Waals surface area contributed by atoms with Gasteiger partial charge in [0, 0.05) is 38.2 Å². The van der Waals surface area contributed by atoms with Crippen molar-refractivity contribution in [2.45, 2.75) is 20.0 Å². The fourth-order valence-corrected chi connectivity index (χ4v) is 3.10. The van der Waals surface area contributed by atoms with E-state index in [2.05, 4.69) is 27.3 Å². The minimum absolute atomic E-state index is 0. The van der Waals surface area contributed by atoms with Crippen molar-refractivity contribution in [1.29, 1.82) is 0 Å². The van der Waals surface area contributed by atoms with Crippen LogP contribution in [-0.4, -0.2) is 43.8 Å². The Hall–Kier alpha value is -2.07. The molecule has 150 valence electrons. The van der Waals surface area contributed by atoms with Crippen molar-refractivity contribution in [2.24, 2.45) is 12.0 Å². The second kappa shape index (κ2) is 10.5. The van der Waals surface area contributed by atoms with Gasteiger partial charge in [-0.15, -0.1) is 34.2 Å². The molecule has 0 radical (unpaired) electrons. The van der Waals surface area contributed by atoms with Crippen molar-refractivity contribution >= 4 is 41.5 Å². The van der Waals surface area contributed by atoms with Crippen LogP contribution in [0.5, 0.6) is 0 Å². The Labute approximate surface area is 187 Å². The maximum atomic E-state index is 6.09. The van der Waals surface area contributed by atoms with E-state index in [9.17, 15) is 0 Å². The summed E-state index contributed by atoms with van der Waals surface area (Å²) in [5, 5.41) is 12.3. The average Bonchev–Trinajstić information content (AvgIpc) is 3.25. The third-order valence-corrected chi connectivity index (χ3v) is 4.40. The summed E-state index contributed by atoms with van der Waals surface area (Å²) in [7, 11) is 3.99. The van der Waals surface area contributed by atoms with Crippen LogP contribution in [0.15, 0.2) is 53.9 Å². The molecule has 0 spiro atoms. The Morgan fingerprint density at radius 3 is 2.68 bits per heavy atom. The largest absolute Gasteiger partial charge is 0.357 e. The Morgan fingerprint density at radius 2 is 2.04 bits per heavy atom. The molecule has 0 unspecified atom stereocenters. The van der Waals surface area contributed by atoms with Gasteiger partial charge in [0.25, 0.3) is 0 Å². The van der Waals surface area contributed by atoms with Gasteiger partial charge in [0.1, 0.15) is 12.9 Å². The number of aromatic nitrogens is 4. The first kappa shape index (κ1) is 22.2. The number of halogens is 2. The molecule has 0 atom stereocenters. The number of nitrogens with zero attached hydrogens (tertiary/aromatic N) is 6. The Kier molecular flexibility index (Phi) is 8.31. The van der Waals surface area contributed by atoms with Crippen LogP contribution in [0.3, 0.4) is 0 Å². The lowest BCUT2D eigenvalue weighted by Gasteiger charge is -2.22. The highest BCUT2D eigenvalue weighted by molar-refractivity contribution is 14.0. The zero-order valence-corrected chi connectivity index (χ0v) is 19.3. The van der Waals surface area contributed by atoms with Crippen molar-refractivity contribution in [3.05, 3.63) is 65.5 Å². The quantitative estimate of drug-likeness (QED) is 0.311. The number of hydrogen-bond donors (Lipinski definition) is 1. The zero-order valence-electron chi connectivity index (χ0n) is 16.2. The summed E-state index contributed by atoms with van der Waals surface area (Å²) in [5.74, 6) is 1.59. The highest BCUT2D eigenvalue weighted by atomic mass is 127. The maximum absolute atomic E-state index is 6.09. The standard InChI is InChI=1S/C19H24ClN7.HI/c1-4-21-19(26(3)13-17-10-15(20)12-25(17)2)22-11-18-24-23-14-27(18)16-8-6-5-7-9-16;/h5-10,12,14H,4,11,13H2,1-3H3,(H,21,22);1H. The van der Waals surface area contributed by atoms with Gasteiger partial charge in [-0.1, -0.05) is 29.8 Å². The van der Waals surface area contributed by atoms with Crippen LogP contribution in [0.2, 0.25) is 5.02 Å². The normalized spacial score (nSPS) is 11.2. The first-order valence-electron chi connectivity index (χ1n) is 8.83. The molecule has 7 nitrogen and oxygen atoms in total. The third kappa shape index (κ3) is 5.48. The van der Waals surface area contributed by atoms with E-state index >= 15 is 0 Å². The molecule has 0 amide bonds. The molecule has 0 aliphatic heterocycles. The molecule has 3 aromatic rings. The number of para-hydroxylation sites is 1. The number of benzene rings is 1. The van der Waals surface area contributed by atoms with Gasteiger partial charge < -0.3 is 14.8 Å². The maximum Gasteiger partial charge on any atom is 0.194 e. The molecule has 3 rings (SSSR count). The summed E-state index contributed by atoms with van der Waals surface area (Å²) >= 11 is 6.09. The van der Waals surface area contributed by atoms with Crippen LogP contribution in [0.1, 0.15) is 18.4 Å². The second-order valence-corrected chi connectivity index (χ2v) is 6.68. The number of nitrogens with one attached hydrogen (secondary N) is 1. The molecule has 0 fully saturated rings. The summed E-state index contributed by atoms with van der Waals surface area (Å²) in [5.41, 5.74) is 2.13. The van der Waals surface area contributed by atoms with Gasteiger partial charge in [0.2, 0.25) is 0 Å². The first-order valence-corrected chi connectivity index (χ1v) is 9.20. The summed E-state index contributed by atoms with van der Waals surface area (Å²) in [4.78, 5) is 6.81. The van der Waals surface area contributed by atoms with Crippen LogP contribution in [0.4, 0.5) is 0 Å². The smallest absolute Gasteiger partial charge is 0.194 e. The number of aliphatic imine (C=N–C) groups is 1. The number of aryl methyl sites for hydroxylation is 1. The molecule has 0 aliphatic rings. The number of guanidine groups is 1. The van der Waals surface area contributed by atoms with Crippen molar-refractivity contribution in [2.75, 3.05) is 13.6 Å². The fraction of sp³-hybridized carbons (Fsp3) is 0.316. The molecule has 0 saturated carbocycles. The molecule has 2 heterocycles. The molecule has 0 saturated heterocycles. The van der Waals surface area contributed by atoms with E-state index in [0.717, 1.165) is 34.7 Å². The lowest BCUT2D eigenvalue weighted by atomic mass is 10.3. The number of rotatable bonds is 6. The molecular weight excluding hydrogens is 489 g/mol. The van der Waals surface area contributed by atoms with Gasteiger partial charge in [-0.05, 0) is 25.1 Å². The van der Waals surface area contributed by atoms with E-state index in [4.69, 9.17) is 16.6 Å². The van der Waals surface area contributed by atoms with Crippen molar-refractivity contribution < 1.29 is 0 Å². The van der Waals surface area contributed by atoms with Crippen LogP contribution in [-0.2, 0) is 20.1 Å². The topological polar surface area (TPSA) is 63.3 Å². The first-order chi connectivity index (χ1) is 13.1. The van der Waals surface area contributed by atoms with Gasteiger partial charge in [-0.3, -0.25) is 4.57 Å². The van der Waals surface area contributed by atoms with Crippen molar-refractivity contribution in [3.8, 4) is 5.69 Å². The van der Waals surface area contributed by atoms with E-state index in [1.807, 2.05) is 65.8 Å². The second-order valence-electron chi connectivity index (χ2n) is 6.24. The SMILES string of the molecule is CCNC(=NCc1nncn1-c1ccccc1)N(C)Cc1cc(Cl)cn1C.I. The highest BCUT2D eigenvalue weighted by Gasteiger charge is 2.11. The molecule has 9 heteroatoms. The number of hydrogen-bond acceptors (Lipinski definition) is 3. The Morgan fingerprint density at radius 1 is 1.29 bits per heavy atom. The van der Waals surface area contributed by atoms with E-state index in [0.29, 0.717) is 13.1 Å². The van der Waals surface area contributed by atoms with E-state index < -0.39 is 0 Å². The van der Waals surface area contributed by atoms with E-state index in [-0.39, 0.29) is 24.0 Å². The van der Waals surface area contributed by atoms with Gasteiger partial charge in [-0.2, -0.15) is 0 Å². The van der Waals surface area contributed by atoms with E-state index in [1.54, 1.807) is 6.33 Å². The summed E-state index contributed by atoms with van der Waals surface area (Å²) in [6, 6.07) is 12.0. The zero-order chi connectivity index (χ0) is 19.2. The molecule has 1 aromatic carbocycles. The van der Waals surface area contributed by atoms with Crippen LogP contribution >= 0.6 is 35.6 Å². The molecule has 1 N–H and O–H groups in total. The highest BCUT2D eigenvalue weighted by Crippen LogP contribution is 2.14. The molecular formula is C19H25ClIN7. The fourth-order valence-electron chi connectivity index (χ4n) is 2.83. The predicted octanol–water partition coefficient (Wildman–Crippen LogP) is 3.47. The summed E-state index contributed by atoms with van der Waals surface area (Å²) in [6.07, 6.45) is 3.61. The molecule has 0 bridgehead atoms. The monoisotopic (exact) mass is 513 g/mol. The van der Waals surface area contributed by atoms with Crippen LogP contribution in [0, 0.1) is 0 Å². The van der Waals surface area contributed by atoms with Gasteiger partial charge in [0.15, 0.2) is 11.8 Å². The Bertz CT molecular complexity index is 904.